The minimum Gasteiger partial charge on any atom is -0.411 e. The molecule has 2 fully saturated rings. The number of oxime groups is 1. The molecular formula is C13H24N2O. The van der Waals surface area contributed by atoms with Crippen LogP contribution >= 0.6 is 0 Å². The second-order valence-electron chi connectivity index (χ2n) is 6.45. The first-order valence-electron chi connectivity index (χ1n) is 6.26. The molecule has 0 unspecified atom stereocenters. The zero-order valence-electron chi connectivity index (χ0n) is 11.1. The van der Waals surface area contributed by atoms with E-state index in [4.69, 9.17) is 0 Å². The van der Waals surface area contributed by atoms with Crippen LogP contribution in [0.1, 0.15) is 27.2 Å². The maximum Gasteiger partial charge on any atom is 0.0651 e. The van der Waals surface area contributed by atoms with Gasteiger partial charge in [0.05, 0.1) is 5.71 Å². The summed E-state index contributed by atoms with van der Waals surface area (Å²) in [6, 6.07) is 0. The maximum atomic E-state index is 9.23. The first-order valence-corrected chi connectivity index (χ1v) is 6.26. The molecule has 16 heavy (non-hydrogen) atoms. The number of hydrogen-bond donors (Lipinski definition) is 1. The molecule has 4 atom stereocenters. The monoisotopic (exact) mass is 224 g/mol. The lowest BCUT2D eigenvalue weighted by Crippen LogP contribution is -2.43. The molecule has 0 amide bonds. The van der Waals surface area contributed by atoms with Gasteiger partial charge < -0.3 is 10.1 Å². The number of hydrogen-bond acceptors (Lipinski definition) is 3. The van der Waals surface area contributed by atoms with Gasteiger partial charge in [-0.3, -0.25) is 0 Å². The van der Waals surface area contributed by atoms with Gasteiger partial charge in [0.1, 0.15) is 0 Å². The van der Waals surface area contributed by atoms with Crippen molar-refractivity contribution < 1.29 is 5.21 Å². The van der Waals surface area contributed by atoms with Crippen LogP contribution in [0, 0.1) is 29.1 Å². The van der Waals surface area contributed by atoms with E-state index in [9.17, 15) is 5.21 Å². The van der Waals surface area contributed by atoms with Crippen LogP contribution in [0.15, 0.2) is 5.16 Å². The second kappa shape index (κ2) is 3.73. The van der Waals surface area contributed by atoms with Gasteiger partial charge in [-0.25, -0.2) is 0 Å². The van der Waals surface area contributed by atoms with Crippen molar-refractivity contribution in [2.45, 2.75) is 27.2 Å². The lowest BCUT2D eigenvalue weighted by Gasteiger charge is -2.41. The van der Waals surface area contributed by atoms with Gasteiger partial charge in [0.25, 0.3) is 0 Å². The molecule has 0 aromatic rings. The average Bonchev–Trinajstić information content (AvgIpc) is 2.63. The van der Waals surface area contributed by atoms with Crippen LogP contribution in [-0.4, -0.2) is 36.5 Å². The Morgan fingerprint density at radius 3 is 2.56 bits per heavy atom. The summed E-state index contributed by atoms with van der Waals surface area (Å²) in [5, 5.41) is 12.8. The first-order chi connectivity index (χ1) is 7.39. The summed E-state index contributed by atoms with van der Waals surface area (Å²) in [5.41, 5.74) is 1.45. The van der Waals surface area contributed by atoms with Gasteiger partial charge in [0.15, 0.2) is 0 Å². The van der Waals surface area contributed by atoms with Crippen molar-refractivity contribution in [1.29, 1.82) is 0 Å². The number of fused-ring (bicyclic) bond motifs is 2. The van der Waals surface area contributed by atoms with Gasteiger partial charge in [-0.2, -0.15) is 0 Å². The fraction of sp³-hybridized carbons (Fsp3) is 0.923. The summed E-state index contributed by atoms with van der Waals surface area (Å²) in [6.45, 7) is 8.07. The Morgan fingerprint density at radius 1 is 1.44 bits per heavy atom. The van der Waals surface area contributed by atoms with Crippen LogP contribution in [0.5, 0.6) is 0 Å². The highest BCUT2D eigenvalue weighted by molar-refractivity contribution is 5.92. The van der Waals surface area contributed by atoms with E-state index in [0.29, 0.717) is 29.1 Å². The van der Waals surface area contributed by atoms with E-state index in [-0.39, 0.29) is 0 Å². The van der Waals surface area contributed by atoms with Crippen molar-refractivity contribution in [1.82, 2.24) is 4.90 Å². The predicted molar refractivity (Wildman–Crippen MR) is 65.8 cm³/mol. The van der Waals surface area contributed by atoms with Crippen molar-refractivity contribution in [3.05, 3.63) is 0 Å². The molecule has 0 aromatic carbocycles. The van der Waals surface area contributed by atoms with E-state index in [1.807, 2.05) is 0 Å². The quantitative estimate of drug-likeness (QED) is 0.577. The highest BCUT2D eigenvalue weighted by Crippen LogP contribution is 2.60. The third-order valence-electron chi connectivity index (χ3n) is 5.16. The summed E-state index contributed by atoms with van der Waals surface area (Å²) in [4.78, 5) is 2.21. The van der Waals surface area contributed by atoms with Crippen molar-refractivity contribution in [2.24, 2.45) is 34.2 Å². The predicted octanol–water partition coefficient (Wildman–Crippen LogP) is 2.31. The Hall–Kier alpha value is -0.570. The normalized spacial score (nSPS) is 43.5. The van der Waals surface area contributed by atoms with E-state index in [1.54, 1.807) is 0 Å². The smallest absolute Gasteiger partial charge is 0.0651 e. The van der Waals surface area contributed by atoms with Gasteiger partial charge in [0.2, 0.25) is 0 Å². The molecule has 1 N–H and O–H groups in total. The van der Waals surface area contributed by atoms with Gasteiger partial charge in [0, 0.05) is 18.4 Å². The van der Waals surface area contributed by atoms with Crippen LogP contribution in [-0.2, 0) is 0 Å². The molecular weight excluding hydrogens is 200 g/mol. The SMILES string of the molecule is C[C@@H]1[C@@H]2C[C@H]([C@H](CN(C)C)/C2=N\O)C1(C)C. The molecule has 2 saturated carbocycles. The zero-order chi connectivity index (χ0) is 12.1. The van der Waals surface area contributed by atoms with E-state index >= 15 is 0 Å². The summed E-state index contributed by atoms with van der Waals surface area (Å²) in [7, 11) is 4.19. The van der Waals surface area contributed by atoms with E-state index in [0.717, 1.165) is 12.3 Å². The largest absolute Gasteiger partial charge is 0.411 e. The molecule has 2 aliphatic carbocycles. The summed E-state index contributed by atoms with van der Waals surface area (Å²) in [6.07, 6.45) is 1.21. The first kappa shape index (κ1) is 11.9. The number of nitrogens with zero attached hydrogens (tertiary/aromatic N) is 2. The van der Waals surface area contributed by atoms with Gasteiger partial charge in [-0.05, 0) is 37.8 Å². The minimum atomic E-state index is 0.388. The highest BCUT2D eigenvalue weighted by atomic mass is 16.4. The Kier molecular flexibility index (Phi) is 2.77. The van der Waals surface area contributed by atoms with Crippen LogP contribution < -0.4 is 0 Å². The Balaban J connectivity index is 2.27. The molecule has 0 aromatic heterocycles. The molecule has 3 nitrogen and oxygen atoms in total. The molecule has 3 heteroatoms. The third kappa shape index (κ3) is 1.48. The molecule has 2 aliphatic rings. The Labute approximate surface area is 98.5 Å². The lowest BCUT2D eigenvalue weighted by atomic mass is 9.64. The fourth-order valence-corrected chi connectivity index (χ4v) is 3.94. The highest BCUT2D eigenvalue weighted by Gasteiger charge is 2.58. The summed E-state index contributed by atoms with van der Waals surface area (Å²) < 4.78 is 0. The van der Waals surface area contributed by atoms with Gasteiger partial charge in [-0.15, -0.1) is 0 Å². The molecule has 0 saturated heterocycles. The van der Waals surface area contributed by atoms with Gasteiger partial charge >= 0.3 is 0 Å². The lowest BCUT2D eigenvalue weighted by molar-refractivity contribution is 0.128. The van der Waals surface area contributed by atoms with E-state index in [1.165, 1.54) is 6.42 Å². The van der Waals surface area contributed by atoms with Crippen molar-refractivity contribution >= 4 is 5.71 Å². The van der Waals surface area contributed by atoms with E-state index in [2.05, 4.69) is 44.9 Å². The second-order valence-corrected chi connectivity index (χ2v) is 6.45. The molecule has 2 rings (SSSR count). The fourth-order valence-electron chi connectivity index (χ4n) is 3.94. The zero-order valence-corrected chi connectivity index (χ0v) is 11.1. The topological polar surface area (TPSA) is 35.8 Å². The van der Waals surface area contributed by atoms with Crippen LogP contribution in [0.4, 0.5) is 0 Å². The van der Waals surface area contributed by atoms with Gasteiger partial charge in [-0.1, -0.05) is 25.9 Å². The number of rotatable bonds is 2. The molecule has 92 valence electrons. The van der Waals surface area contributed by atoms with E-state index < -0.39 is 0 Å². The minimum absolute atomic E-state index is 0.388. The molecule has 2 bridgehead atoms. The van der Waals surface area contributed by atoms with Crippen LogP contribution in [0.3, 0.4) is 0 Å². The molecule has 0 heterocycles. The Bertz CT molecular complexity index is 309. The van der Waals surface area contributed by atoms with Crippen LogP contribution in [0.2, 0.25) is 0 Å². The van der Waals surface area contributed by atoms with Crippen molar-refractivity contribution in [3.8, 4) is 0 Å². The van der Waals surface area contributed by atoms with Crippen LogP contribution in [0.25, 0.3) is 0 Å². The molecule has 0 aliphatic heterocycles. The molecule has 0 spiro atoms. The maximum absolute atomic E-state index is 9.23. The Morgan fingerprint density at radius 2 is 2.06 bits per heavy atom. The standard InChI is InChI=1S/C13H24N2O/c1-8-9-6-11(13(8,2)3)10(7-15(4)5)12(9)14-16/h8-11,16H,6-7H2,1-5H3/b14-12-/t8-,9+,10+,11-/m1/s1. The van der Waals surface area contributed by atoms with Crippen molar-refractivity contribution in [2.75, 3.05) is 20.6 Å². The summed E-state index contributed by atoms with van der Waals surface area (Å²) in [5.74, 6) is 2.29. The summed E-state index contributed by atoms with van der Waals surface area (Å²) >= 11 is 0. The average molecular weight is 224 g/mol. The van der Waals surface area contributed by atoms with Crippen molar-refractivity contribution in [3.63, 3.8) is 0 Å². The third-order valence-corrected chi connectivity index (χ3v) is 5.16. The molecule has 0 radical (unpaired) electrons.